The number of carboxylic acid groups (broad SMARTS) is 1. The maximum atomic E-state index is 12.9. The van der Waals surface area contributed by atoms with Gasteiger partial charge in [-0.2, -0.15) is 0 Å². The second-order valence-corrected chi connectivity index (χ2v) is 4.15. The summed E-state index contributed by atoms with van der Waals surface area (Å²) in [6, 6.07) is 5.71. The Bertz CT molecular complexity index is 585. The second kappa shape index (κ2) is 6.20. The lowest BCUT2D eigenvalue weighted by molar-refractivity contribution is -0.140. The molecule has 1 atom stereocenters. The van der Waals surface area contributed by atoms with E-state index in [-0.39, 0.29) is 18.8 Å². The number of methoxy groups -OCH3 is 1. The molecule has 1 unspecified atom stereocenters. The number of ether oxygens (including phenoxy) is 1. The Hall–Kier alpha value is -2.35. The number of nitrogens with zero attached hydrogens (tertiary/aromatic N) is 4. The topological polar surface area (TPSA) is 90.1 Å². The van der Waals surface area contributed by atoms with E-state index in [1.807, 2.05) is 0 Å². The van der Waals surface area contributed by atoms with Crippen molar-refractivity contribution < 1.29 is 19.0 Å². The minimum atomic E-state index is -0.965. The van der Waals surface area contributed by atoms with Gasteiger partial charge in [0.05, 0.1) is 19.1 Å². The van der Waals surface area contributed by atoms with Gasteiger partial charge in [-0.15, -0.1) is 5.10 Å². The maximum Gasteiger partial charge on any atom is 0.306 e. The number of carboxylic acids is 1. The van der Waals surface area contributed by atoms with Crippen LogP contribution >= 0.6 is 0 Å². The largest absolute Gasteiger partial charge is 0.481 e. The van der Waals surface area contributed by atoms with Gasteiger partial charge < -0.3 is 9.84 Å². The molecule has 1 heterocycles. The van der Waals surface area contributed by atoms with Crippen LogP contribution in [0.5, 0.6) is 0 Å². The Kier molecular flexibility index (Phi) is 4.36. The van der Waals surface area contributed by atoms with Crippen molar-refractivity contribution in [1.82, 2.24) is 20.2 Å². The van der Waals surface area contributed by atoms with E-state index >= 15 is 0 Å². The highest BCUT2D eigenvalue weighted by atomic mass is 19.1. The summed E-state index contributed by atoms with van der Waals surface area (Å²) in [7, 11) is 1.43. The third kappa shape index (κ3) is 3.35. The number of hydrogen-bond acceptors (Lipinski definition) is 5. The summed E-state index contributed by atoms with van der Waals surface area (Å²) in [4.78, 5) is 10.7. The molecule has 0 saturated heterocycles. The summed E-state index contributed by atoms with van der Waals surface area (Å²) in [5.41, 5.74) is 0.640. The Labute approximate surface area is 114 Å². The molecule has 1 N–H and O–H groups in total. The first-order valence-electron chi connectivity index (χ1n) is 5.87. The molecule has 0 spiro atoms. The van der Waals surface area contributed by atoms with E-state index in [2.05, 4.69) is 15.5 Å². The first-order chi connectivity index (χ1) is 9.60. The van der Waals surface area contributed by atoms with E-state index in [1.165, 1.54) is 23.9 Å². The molecule has 0 aliphatic heterocycles. The molecule has 7 nitrogen and oxygen atoms in total. The van der Waals surface area contributed by atoms with Crippen LogP contribution in [0.3, 0.4) is 0 Å². The first kappa shape index (κ1) is 14.1. The molecule has 0 bridgehead atoms. The zero-order valence-electron chi connectivity index (χ0n) is 10.7. The Morgan fingerprint density at radius 3 is 2.75 bits per heavy atom. The number of hydrogen-bond donors (Lipinski definition) is 1. The van der Waals surface area contributed by atoms with E-state index in [4.69, 9.17) is 9.84 Å². The summed E-state index contributed by atoms with van der Waals surface area (Å²) in [6.07, 6.45) is -0.700. The van der Waals surface area contributed by atoms with Gasteiger partial charge in [-0.3, -0.25) is 4.79 Å². The lowest BCUT2D eigenvalue weighted by Gasteiger charge is -2.13. The molecule has 8 heteroatoms. The van der Waals surface area contributed by atoms with Gasteiger partial charge in [-0.1, -0.05) is 0 Å². The number of halogens is 1. The second-order valence-electron chi connectivity index (χ2n) is 4.15. The number of tetrazole rings is 1. The van der Waals surface area contributed by atoms with Crippen LogP contribution in [-0.4, -0.2) is 44.5 Å². The van der Waals surface area contributed by atoms with Gasteiger partial charge in [0.25, 0.3) is 0 Å². The third-order valence-corrected chi connectivity index (χ3v) is 2.75. The molecule has 1 aromatic carbocycles. The normalized spacial score (nSPS) is 12.3. The Morgan fingerprint density at radius 1 is 1.45 bits per heavy atom. The monoisotopic (exact) mass is 280 g/mol. The lowest BCUT2D eigenvalue weighted by Crippen LogP contribution is -2.23. The summed E-state index contributed by atoms with van der Waals surface area (Å²) in [5, 5.41) is 20.0. The summed E-state index contributed by atoms with van der Waals surface area (Å²) in [5.74, 6) is -0.890. The molecule has 106 valence electrons. The molecule has 20 heavy (non-hydrogen) atoms. The number of aromatic nitrogens is 4. The SMILES string of the molecule is COC(CC(=O)O)Cn1nnnc1-c1ccc(F)cc1. The molecular weight excluding hydrogens is 267 g/mol. The highest BCUT2D eigenvalue weighted by molar-refractivity contribution is 5.67. The molecule has 0 fully saturated rings. The smallest absolute Gasteiger partial charge is 0.306 e. The lowest BCUT2D eigenvalue weighted by atomic mass is 10.2. The van der Waals surface area contributed by atoms with Crippen LogP contribution in [0.2, 0.25) is 0 Å². The molecule has 2 aromatic rings. The summed E-state index contributed by atoms with van der Waals surface area (Å²) in [6.45, 7) is 0.197. The molecule has 0 radical (unpaired) electrons. The van der Waals surface area contributed by atoms with Crippen molar-refractivity contribution in [2.75, 3.05) is 7.11 Å². The van der Waals surface area contributed by atoms with Crippen LogP contribution in [0.25, 0.3) is 11.4 Å². The van der Waals surface area contributed by atoms with Crippen LogP contribution in [0.4, 0.5) is 4.39 Å². The van der Waals surface area contributed by atoms with Gasteiger partial charge in [0.1, 0.15) is 5.82 Å². The molecule has 0 aliphatic rings. The van der Waals surface area contributed by atoms with Gasteiger partial charge in [0.2, 0.25) is 0 Å². The van der Waals surface area contributed by atoms with Gasteiger partial charge in [0.15, 0.2) is 5.82 Å². The third-order valence-electron chi connectivity index (χ3n) is 2.75. The van der Waals surface area contributed by atoms with E-state index in [0.29, 0.717) is 11.4 Å². The van der Waals surface area contributed by atoms with E-state index in [9.17, 15) is 9.18 Å². The fourth-order valence-electron chi connectivity index (χ4n) is 1.74. The summed E-state index contributed by atoms with van der Waals surface area (Å²) >= 11 is 0. The minimum absolute atomic E-state index is 0.154. The predicted molar refractivity (Wildman–Crippen MR) is 66.3 cm³/mol. The molecule has 0 saturated carbocycles. The molecular formula is C12H13FN4O3. The number of carbonyl (C=O) groups is 1. The molecule has 2 rings (SSSR count). The standard InChI is InChI=1S/C12H13FN4O3/c1-20-10(6-11(18)19)7-17-12(14-15-16-17)8-2-4-9(13)5-3-8/h2-5,10H,6-7H2,1H3,(H,18,19). The number of rotatable bonds is 6. The average Bonchev–Trinajstić information content (AvgIpc) is 2.86. The van der Waals surface area contributed by atoms with Crippen molar-refractivity contribution in [3.05, 3.63) is 30.1 Å². The van der Waals surface area contributed by atoms with Gasteiger partial charge in [0, 0.05) is 12.7 Å². The van der Waals surface area contributed by atoms with Crippen molar-refractivity contribution in [1.29, 1.82) is 0 Å². The highest BCUT2D eigenvalue weighted by Crippen LogP contribution is 2.17. The van der Waals surface area contributed by atoms with Crippen molar-refractivity contribution in [3.8, 4) is 11.4 Å². The fourth-order valence-corrected chi connectivity index (χ4v) is 1.74. The fraction of sp³-hybridized carbons (Fsp3) is 0.333. The average molecular weight is 280 g/mol. The zero-order chi connectivity index (χ0) is 14.5. The van der Waals surface area contributed by atoms with Crippen LogP contribution in [0.1, 0.15) is 6.42 Å². The van der Waals surface area contributed by atoms with Gasteiger partial charge >= 0.3 is 5.97 Å². The molecule has 0 aliphatic carbocycles. The zero-order valence-corrected chi connectivity index (χ0v) is 10.7. The van der Waals surface area contributed by atoms with Crippen molar-refractivity contribution in [2.45, 2.75) is 19.1 Å². The first-order valence-corrected chi connectivity index (χ1v) is 5.87. The van der Waals surface area contributed by atoms with E-state index < -0.39 is 12.1 Å². The van der Waals surface area contributed by atoms with Crippen LogP contribution in [0.15, 0.2) is 24.3 Å². The highest BCUT2D eigenvalue weighted by Gasteiger charge is 2.17. The van der Waals surface area contributed by atoms with Gasteiger partial charge in [-0.25, -0.2) is 9.07 Å². The van der Waals surface area contributed by atoms with Crippen LogP contribution in [0, 0.1) is 5.82 Å². The van der Waals surface area contributed by atoms with Crippen LogP contribution < -0.4 is 0 Å². The molecule has 1 aromatic heterocycles. The Morgan fingerprint density at radius 2 is 2.15 bits per heavy atom. The van der Waals surface area contributed by atoms with Gasteiger partial charge in [-0.05, 0) is 34.7 Å². The summed E-state index contributed by atoms with van der Waals surface area (Å²) < 4.78 is 19.4. The number of benzene rings is 1. The predicted octanol–water partition coefficient (Wildman–Crippen LogP) is 0.969. The van der Waals surface area contributed by atoms with Crippen molar-refractivity contribution in [2.24, 2.45) is 0 Å². The Balaban J connectivity index is 2.19. The number of aliphatic carboxylic acids is 1. The van der Waals surface area contributed by atoms with Crippen molar-refractivity contribution in [3.63, 3.8) is 0 Å². The quantitative estimate of drug-likeness (QED) is 0.848. The van der Waals surface area contributed by atoms with Crippen molar-refractivity contribution >= 4 is 5.97 Å². The molecule has 0 amide bonds. The van der Waals surface area contributed by atoms with E-state index in [1.54, 1.807) is 12.1 Å². The maximum absolute atomic E-state index is 12.9. The van der Waals surface area contributed by atoms with Crippen LogP contribution in [-0.2, 0) is 16.1 Å². The minimum Gasteiger partial charge on any atom is -0.481 e. The van der Waals surface area contributed by atoms with E-state index in [0.717, 1.165) is 0 Å².